The zero-order valence-electron chi connectivity index (χ0n) is 14.1. The first-order chi connectivity index (χ1) is 11.5. The number of carbonyl (C=O) groups is 2. The molecule has 0 radical (unpaired) electrons. The van der Waals surface area contributed by atoms with Gasteiger partial charge in [0.1, 0.15) is 12.1 Å². The monoisotopic (exact) mass is 323 g/mol. The van der Waals surface area contributed by atoms with Crippen molar-refractivity contribution in [1.29, 1.82) is 0 Å². The summed E-state index contributed by atoms with van der Waals surface area (Å²) in [4.78, 5) is 30.6. The summed E-state index contributed by atoms with van der Waals surface area (Å²) >= 11 is 0. The largest absolute Gasteiger partial charge is 0.356 e. The number of rotatable bonds is 1. The lowest BCUT2D eigenvalue weighted by Crippen LogP contribution is -2.64. The van der Waals surface area contributed by atoms with Gasteiger partial charge in [0, 0.05) is 23.0 Å². The first-order valence-electron chi connectivity index (χ1n) is 8.34. The number of para-hydroxylation sites is 1. The number of H-pyrrole nitrogens is 1. The van der Waals surface area contributed by atoms with Crippen LogP contribution >= 0.6 is 0 Å². The number of hydrogen-bond acceptors (Lipinski definition) is 2. The van der Waals surface area contributed by atoms with Gasteiger partial charge in [0.2, 0.25) is 11.8 Å². The zero-order chi connectivity index (χ0) is 17.0. The topological polar surface area (TPSA) is 65.2 Å². The molecule has 2 N–H and O–H groups in total. The molecule has 0 aliphatic carbocycles. The van der Waals surface area contributed by atoms with E-state index in [1.807, 2.05) is 32.0 Å². The fraction of sp³-hybridized carbons (Fsp3) is 0.368. The van der Waals surface area contributed by atoms with Crippen LogP contribution in [0.25, 0.3) is 10.9 Å². The fourth-order valence-electron chi connectivity index (χ4n) is 3.90. The maximum atomic E-state index is 12.8. The van der Waals surface area contributed by atoms with E-state index in [9.17, 15) is 9.59 Å². The van der Waals surface area contributed by atoms with Crippen LogP contribution in [-0.4, -0.2) is 33.8 Å². The number of piperazine rings is 1. The van der Waals surface area contributed by atoms with Gasteiger partial charge in [-0.15, -0.1) is 0 Å². The lowest BCUT2D eigenvalue weighted by Gasteiger charge is -2.45. The number of fused-ring (bicyclic) bond motifs is 4. The molecule has 2 amide bonds. The van der Waals surface area contributed by atoms with Gasteiger partial charge < -0.3 is 15.2 Å². The first kappa shape index (κ1) is 15.0. The number of aromatic nitrogens is 1. The average molecular weight is 323 g/mol. The minimum Gasteiger partial charge on any atom is -0.356 e. The van der Waals surface area contributed by atoms with E-state index in [-0.39, 0.29) is 17.9 Å². The number of aromatic amines is 1. The first-order valence-corrected chi connectivity index (χ1v) is 8.34. The molecule has 5 nitrogen and oxygen atoms in total. The van der Waals surface area contributed by atoms with E-state index in [1.165, 1.54) is 0 Å². The smallest absolute Gasteiger partial charge is 0.246 e. The Balaban J connectivity index is 1.95. The van der Waals surface area contributed by atoms with Crippen molar-refractivity contribution in [1.82, 2.24) is 15.2 Å². The molecule has 2 aliphatic heterocycles. The maximum absolute atomic E-state index is 12.8. The van der Waals surface area contributed by atoms with Crippen molar-refractivity contribution in [3.05, 3.63) is 47.2 Å². The highest BCUT2D eigenvalue weighted by Gasteiger charge is 2.46. The highest BCUT2D eigenvalue weighted by atomic mass is 16.2. The van der Waals surface area contributed by atoms with Crippen molar-refractivity contribution in [2.45, 2.75) is 45.3 Å². The Morgan fingerprint density at radius 3 is 2.75 bits per heavy atom. The number of allylic oxidation sites excluding steroid dienone is 1. The predicted molar refractivity (Wildman–Crippen MR) is 92.4 cm³/mol. The summed E-state index contributed by atoms with van der Waals surface area (Å²) in [5.74, 6) is -0.0865. The molecule has 5 heteroatoms. The summed E-state index contributed by atoms with van der Waals surface area (Å²) in [5, 5.41) is 3.95. The third-order valence-electron chi connectivity index (χ3n) is 4.95. The van der Waals surface area contributed by atoms with Crippen molar-refractivity contribution in [3.63, 3.8) is 0 Å². The Bertz CT molecular complexity index is 876. The Morgan fingerprint density at radius 1 is 1.25 bits per heavy atom. The highest BCUT2D eigenvalue weighted by Crippen LogP contribution is 2.39. The zero-order valence-corrected chi connectivity index (χ0v) is 14.1. The van der Waals surface area contributed by atoms with Crippen molar-refractivity contribution in [2.75, 3.05) is 0 Å². The van der Waals surface area contributed by atoms with E-state index in [0.717, 1.165) is 27.7 Å². The van der Waals surface area contributed by atoms with E-state index in [1.54, 1.807) is 11.8 Å². The lowest BCUT2D eigenvalue weighted by atomic mass is 9.88. The highest BCUT2D eigenvalue weighted by molar-refractivity contribution is 5.99. The van der Waals surface area contributed by atoms with Gasteiger partial charge in [0.15, 0.2) is 0 Å². The van der Waals surface area contributed by atoms with Crippen molar-refractivity contribution in [3.8, 4) is 0 Å². The van der Waals surface area contributed by atoms with Gasteiger partial charge in [-0.05, 0) is 32.4 Å². The Morgan fingerprint density at radius 2 is 2.00 bits per heavy atom. The van der Waals surface area contributed by atoms with Crippen LogP contribution in [0, 0.1) is 0 Å². The summed E-state index contributed by atoms with van der Waals surface area (Å²) in [6.07, 6.45) is 2.63. The number of benzene rings is 1. The van der Waals surface area contributed by atoms with Gasteiger partial charge in [-0.3, -0.25) is 9.59 Å². The van der Waals surface area contributed by atoms with Crippen LogP contribution in [0.3, 0.4) is 0 Å². The molecule has 3 atom stereocenters. The summed E-state index contributed by atoms with van der Waals surface area (Å²) in [6.45, 7) is 5.78. The Hall–Kier alpha value is -2.56. The normalized spacial score (nSPS) is 26.0. The summed E-state index contributed by atoms with van der Waals surface area (Å²) in [6, 6.07) is 6.97. The van der Waals surface area contributed by atoms with Crippen molar-refractivity contribution < 1.29 is 9.59 Å². The molecule has 4 rings (SSSR count). The van der Waals surface area contributed by atoms with Crippen LogP contribution in [-0.2, 0) is 16.0 Å². The molecule has 3 heterocycles. The molecule has 0 unspecified atom stereocenters. The molecule has 0 spiro atoms. The third kappa shape index (κ3) is 2.08. The Kier molecular flexibility index (Phi) is 3.27. The van der Waals surface area contributed by atoms with E-state index < -0.39 is 12.1 Å². The van der Waals surface area contributed by atoms with Gasteiger partial charge in [-0.1, -0.05) is 29.8 Å². The molecule has 0 saturated carbocycles. The summed E-state index contributed by atoms with van der Waals surface area (Å²) < 4.78 is 0. The SMILES string of the molecule is CC(C)=C[C@H]1c2[nH]c3ccccc3c2C[C@H]2C(=O)N[C@@H](C)C(=O)N21. The van der Waals surface area contributed by atoms with Gasteiger partial charge in [-0.2, -0.15) is 0 Å². The van der Waals surface area contributed by atoms with E-state index in [4.69, 9.17) is 0 Å². The van der Waals surface area contributed by atoms with Gasteiger partial charge in [0.05, 0.1) is 6.04 Å². The number of carbonyl (C=O) groups excluding carboxylic acids is 2. The van der Waals surface area contributed by atoms with Crippen LogP contribution in [0.15, 0.2) is 35.9 Å². The summed E-state index contributed by atoms with van der Waals surface area (Å²) in [5.41, 5.74) is 4.35. The van der Waals surface area contributed by atoms with Crippen LogP contribution < -0.4 is 5.32 Å². The second-order valence-electron chi connectivity index (χ2n) is 6.95. The third-order valence-corrected chi connectivity index (χ3v) is 4.95. The number of amides is 2. The van der Waals surface area contributed by atoms with E-state index >= 15 is 0 Å². The molecule has 1 aromatic carbocycles. The summed E-state index contributed by atoms with van der Waals surface area (Å²) in [7, 11) is 0. The maximum Gasteiger partial charge on any atom is 0.246 e. The average Bonchev–Trinajstić information content (AvgIpc) is 2.91. The van der Waals surface area contributed by atoms with E-state index in [0.29, 0.717) is 6.42 Å². The molecule has 0 bridgehead atoms. The fourth-order valence-corrected chi connectivity index (χ4v) is 3.90. The molecule has 24 heavy (non-hydrogen) atoms. The van der Waals surface area contributed by atoms with Gasteiger partial charge >= 0.3 is 0 Å². The molecule has 2 aromatic rings. The van der Waals surface area contributed by atoms with Gasteiger partial charge in [0.25, 0.3) is 0 Å². The minimum atomic E-state index is -0.479. The number of hydrogen-bond donors (Lipinski definition) is 2. The quantitative estimate of drug-likeness (QED) is 0.792. The molecule has 1 aromatic heterocycles. The van der Waals surface area contributed by atoms with Gasteiger partial charge in [-0.25, -0.2) is 0 Å². The second-order valence-corrected chi connectivity index (χ2v) is 6.95. The molecular weight excluding hydrogens is 302 g/mol. The Labute approximate surface area is 140 Å². The van der Waals surface area contributed by atoms with Crippen LogP contribution in [0.1, 0.15) is 38.1 Å². The second kappa shape index (κ2) is 5.23. The minimum absolute atomic E-state index is 0.0218. The van der Waals surface area contributed by atoms with Crippen LogP contribution in [0.2, 0.25) is 0 Å². The van der Waals surface area contributed by atoms with Crippen LogP contribution in [0.5, 0.6) is 0 Å². The molecule has 1 fully saturated rings. The number of nitrogens with zero attached hydrogens (tertiary/aromatic N) is 1. The van der Waals surface area contributed by atoms with E-state index in [2.05, 4.69) is 22.4 Å². The van der Waals surface area contributed by atoms with Crippen molar-refractivity contribution in [2.24, 2.45) is 0 Å². The van der Waals surface area contributed by atoms with Crippen LogP contribution in [0.4, 0.5) is 0 Å². The molecular formula is C19H21N3O2. The molecule has 124 valence electrons. The molecule has 2 aliphatic rings. The number of nitrogens with one attached hydrogen (secondary N) is 2. The van der Waals surface area contributed by atoms with Crippen molar-refractivity contribution >= 4 is 22.7 Å². The predicted octanol–water partition coefficient (Wildman–Crippen LogP) is 2.45. The standard InChI is InChI=1S/C19H21N3O2/c1-10(2)8-15-17-13(12-6-4-5-7-14(12)21-17)9-16-18(23)20-11(3)19(24)22(15)16/h4-8,11,15-16,21H,9H2,1-3H3,(H,20,23)/t11-,15-,16-/m0/s1. The lowest BCUT2D eigenvalue weighted by molar-refractivity contribution is -0.151. The molecule has 1 saturated heterocycles.